The summed E-state index contributed by atoms with van der Waals surface area (Å²) < 4.78 is 5.37. The Labute approximate surface area is 167 Å². The van der Waals surface area contributed by atoms with E-state index in [-0.39, 0.29) is 37.6 Å². The summed E-state index contributed by atoms with van der Waals surface area (Å²) in [5.74, 6) is 4.21. The molecule has 0 radical (unpaired) electrons. The van der Waals surface area contributed by atoms with E-state index in [0.717, 1.165) is 0 Å². The fourth-order valence-electron chi connectivity index (χ4n) is 2.42. The number of rotatable bonds is 8. The van der Waals surface area contributed by atoms with Gasteiger partial charge in [-0.1, -0.05) is 13.8 Å². The van der Waals surface area contributed by atoms with E-state index in [2.05, 4.69) is 22.1 Å². The van der Waals surface area contributed by atoms with E-state index in [9.17, 15) is 14.7 Å². The third-order valence-corrected chi connectivity index (χ3v) is 4.47. The zero-order valence-corrected chi connectivity index (χ0v) is 17.2. The molecule has 6 heteroatoms. The summed E-state index contributed by atoms with van der Waals surface area (Å²) in [4.78, 5) is 28.8. The summed E-state index contributed by atoms with van der Waals surface area (Å²) in [7, 11) is 0. The average Bonchev–Trinajstić information content (AvgIpc) is 2.61. The number of terminal acetylenes is 2. The standard InChI is InChI=1S/C22H28N2O4/c1-8-10-21(4,5)19(26)24-13-17-16(12-23-15(3)18(17)25)14-28-20(27)22(6,7)11-9-2/h1-2,12,25H,10-11,13-14H2,3-7H3,(H,24,26). The summed E-state index contributed by atoms with van der Waals surface area (Å²) in [6, 6.07) is 0. The first-order chi connectivity index (χ1) is 13.0. The number of carbonyl (C=O) groups excluding carboxylic acids is 2. The van der Waals surface area contributed by atoms with Gasteiger partial charge in [0.15, 0.2) is 0 Å². The van der Waals surface area contributed by atoms with Crippen molar-refractivity contribution in [1.29, 1.82) is 0 Å². The smallest absolute Gasteiger partial charge is 0.312 e. The maximum Gasteiger partial charge on any atom is 0.312 e. The summed E-state index contributed by atoms with van der Waals surface area (Å²) >= 11 is 0. The zero-order valence-electron chi connectivity index (χ0n) is 17.2. The molecule has 1 aromatic rings. The summed E-state index contributed by atoms with van der Waals surface area (Å²) in [6.45, 7) is 8.51. The molecule has 6 nitrogen and oxygen atoms in total. The number of aromatic hydroxyl groups is 1. The number of hydrogen-bond acceptors (Lipinski definition) is 5. The van der Waals surface area contributed by atoms with Crippen LogP contribution in [0.2, 0.25) is 0 Å². The first-order valence-electron chi connectivity index (χ1n) is 8.95. The van der Waals surface area contributed by atoms with Gasteiger partial charge in [-0.15, -0.1) is 24.7 Å². The Hall–Kier alpha value is -2.99. The molecule has 1 heterocycles. The van der Waals surface area contributed by atoms with E-state index >= 15 is 0 Å². The number of ether oxygens (including phenoxy) is 1. The van der Waals surface area contributed by atoms with Crippen LogP contribution in [0, 0.1) is 42.4 Å². The van der Waals surface area contributed by atoms with Crippen LogP contribution >= 0.6 is 0 Å². The van der Waals surface area contributed by atoms with Crippen LogP contribution in [0.25, 0.3) is 0 Å². The quantitative estimate of drug-likeness (QED) is 0.531. The van der Waals surface area contributed by atoms with Gasteiger partial charge >= 0.3 is 5.97 Å². The molecule has 0 aliphatic rings. The molecule has 1 aromatic heterocycles. The molecular formula is C22H28N2O4. The Kier molecular flexibility index (Phi) is 7.64. The van der Waals surface area contributed by atoms with E-state index in [0.29, 0.717) is 16.8 Å². The number of carbonyl (C=O) groups is 2. The van der Waals surface area contributed by atoms with Gasteiger partial charge in [0.1, 0.15) is 12.4 Å². The predicted molar refractivity (Wildman–Crippen MR) is 107 cm³/mol. The molecule has 0 saturated carbocycles. The minimum atomic E-state index is -0.817. The minimum Gasteiger partial charge on any atom is -0.506 e. The summed E-state index contributed by atoms with van der Waals surface area (Å²) in [5.41, 5.74) is -0.196. The number of aromatic nitrogens is 1. The molecule has 150 valence electrons. The van der Waals surface area contributed by atoms with Gasteiger partial charge in [0.25, 0.3) is 0 Å². The summed E-state index contributed by atoms with van der Waals surface area (Å²) in [6.07, 6.45) is 12.7. The summed E-state index contributed by atoms with van der Waals surface area (Å²) in [5, 5.41) is 13.2. The Morgan fingerprint density at radius 2 is 1.75 bits per heavy atom. The van der Waals surface area contributed by atoms with Crippen molar-refractivity contribution in [2.45, 2.75) is 60.6 Å². The van der Waals surface area contributed by atoms with Crippen LogP contribution in [0.4, 0.5) is 0 Å². The molecule has 1 rings (SSSR count). The lowest BCUT2D eigenvalue weighted by molar-refractivity contribution is -0.155. The number of hydrogen-bond donors (Lipinski definition) is 2. The number of pyridine rings is 1. The molecule has 1 amide bonds. The lowest BCUT2D eigenvalue weighted by Crippen LogP contribution is -2.36. The van der Waals surface area contributed by atoms with E-state index in [4.69, 9.17) is 17.6 Å². The van der Waals surface area contributed by atoms with Crippen molar-refractivity contribution < 1.29 is 19.4 Å². The van der Waals surface area contributed by atoms with Crippen LogP contribution < -0.4 is 5.32 Å². The van der Waals surface area contributed by atoms with Gasteiger partial charge < -0.3 is 15.2 Å². The molecule has 0 spiro atoms. The van der Waals surface area contributed by atoms with Crippen LogP contribution in [0.15, 0.2) is 6.20 Å². The highest BCUT2D eigenvalue weighted by Gasteiger charge is 2.29. The number of amides is 1. The van der Waals surface area contributed by atoms with E-state index in [1.54, 1.807) is 34.6 Å². The molecule has 0 saturated heterocycles. The second-order valence-electron chi connectivity index (χ2n) is 7.98. The highest BCUT2D eigenvalue weighted by Crippen LogP contribution is 2.27. The fourth-order valence-corrected chi connectivity index (χ4v) is 2.42. The number of aryl methyl sites for hydroxylation is 1. The molecule has 0 fully saturated rings. The Morgan fingerprint density at radius 1 is 1.18 bits per heavy atom. The lowest BCUT2D eigenvalue weighted by Gasteiger charge is -2.23. The molecule has 2 N–H and O–H groups in total. The van der Waals surface area contributed by atoms with E-state index < -0.39 is 16.8 Å². The molecule has 0 unspecified atom stereocenters. The van der Waals surface area contributed by atoms with Gasteiger partial charge in [-0.3, -0.25) is 14.6 Å². The van der Waals surface area contributed by atoms with Gasteiger partial charge in [0.2, 0.25) is 5.91 Å². The van der Waals surface area contributed by atoms with Crippen LogP contribution in [-0.4, -0.2) is 22.0 Å². The Bertz CT molecular complexity index is 826. The van der Waals surface area contributed by atoms with Gasteiger partial charge in [-0.25, -0.2) is 0 Å². The maximum atomic E-state index is 12.4. The highest BCUT2D eigenvalue weighted by molar-refractivity contribution is 5.82. The molecule has 0 atom stereocenters. The first-order valence-corrected chi connectivity index (χ1v) is 8.95. The van der Waals surface area contributed by atoms with Crippen LogP contribution in [0.3, 0.4) is 0 Å². The average molecular weight is 384 g/mol. The van der Waals surface area contributed by atoms with E-state index in [1.807, 2.05) is 0 Å². The Morgan fingerprint density at radius 3 is 2.32 bits per heavy atom. The molecule has 0 bridgehead atoms. The van der Waals surface area contributed by atoms with Gasteiger partial charge in [-0.05, 0) is 20.8 Å². The predicted octanol–water partition coefficient (Wildman–Crippen LogP) is 2.85. The van der Waals surface area contributed by atoms with Gasteiger partial charge in [0.05, 0.1) is 16.5 Å². The third kappa shape index (κ3) is 5.76. The minimum absolute atomic E-state index is 0.0495. The second-order valence-corrected chi connectivity index (χ2v) is 7.98. The lowest BCUT2D eigenvalue weighted by atomic mass is 9.88. The van der Waals surface area contributed by atoms with Crippen molar-refractivity contribution >= 4 is 11.9 Å². The third-order valence-electron chi connectivity index (χ3n) is 4.47. The molecule has 28 heavy (non-hydrogen) atoms. The molecule has 0 aliphatic heterocycles. The molecule has 0 aromatic carbocycles. The normalized spacial score (nSPS) is 11.2. The van der Waals surface area contributed by atoms with Crippen molar-refractivity contribution in [2.75, 3.05) is 0 Å². The fraction of sp³-hybridized carbons (Fsp3) is 0.500. The van der Waals surface area contributed by atoms with Crippen molar-refractivity contribution in [1.82, 2.24) is 10.3 Å². The largest absolute Gasteiger partial charge is 0.506 e. The van der Waals surface area contributed by atoms with Crippen LogP contribution in [-0.2, 0) is 27.5 Å². The van der Waals surface area contributed by atoms with Crippen molar-refractivity contribution in [2.24, 2.45) is 10.8 Å². The first kappa shape index (κ1) is 23.0. The number of esters is 1. The number of nitrogens with zero attached hydrogens (tertiary/aromatic N) is 1. The van der Waals surface area contributed by atoms with Crippen LogP contribution in [0.1, 0.15) is 57.4 Å². The maximum absolute atomic E-state index is 12.4. The zero-order chi connectivity index (χ0) is 21.5. The monoisotopic (exact) mass is 384 g/mol. The van der Waals surface area contributed by atoms with Crippen LogP contribution in [0.5, 0.6) is 5.75 Å². The van der Waals surface area contributed by atoms with Gasteiger partial charge in [-0.2, -0.15) is 0 Å². The topological polar surface area (TPSA) is 88.5 Å². The van der Waals surface area contributed by atoms with Crippen molar-refractivity contribution in [3.8, 4) is 30.4 Å². The highest BCUT2D eigenvalue weighted by atomic mass is 16.5. The van der Waals surface area contributed by atoms with Crippen molar-refractivity contribution in [3.63, 3.8) is 0 Å². The van der Waals surface area contributed by atoms with Crippen molar-refractivity contribution in [3.05, 3.63) is 23.0 Å². The van der Waals surface area contributed by atoms with E-state index in [1.165, 1.54) is 6.20 Å². The number of nitrogens with one attached hydrogen (secondary N) is 1. The molecule has 0 aliphatic carbocycles. The SMILES string of the molecule is C#CCC(C)(C)C(=O)NCc1c(COC(=O)C(C)(C)CC#C)cnc(C)c1O. The second kappa shape index (κ2) is 9.28. The molecular weight excluding hydrogens is 356 g/mol. The van der Waals surface area contributed by atoms with Gasteiger partial charge in [0, 0.05) is 36.7 Å². The Balaban J connectivity index is 2.97.